The maximum Gasteiger partial charge on any atom is 0.251 e. The highest BCUT2D eigenvalue weighted by Gasteiger charge is 2.11. The van der Waals surface area contributed by atoms with Crippen molar-refractivity contribution in [3.8, 4) is 0 Å². The first-order chi connectivity index (χ1) is 8.58. The second-order valence-corrected chi connectivity index (χ2v) is 3.93. The van der Waals surface area contributed by atoms with Crippen molar-refractivity contribution in [1.29, 1.82) is 0 Å². The van der Waals surface area contributed by atoms with Gasteiger partial charge in [0.25, 0.3) is 5.91 Å². The highest BCUT2D eigenvalue weighted by molar-refractivity contribution is 5.93. The van der Waals surface area contributed by atoms with Crippen LogP contribution >= 0.6 is 0 Å². The van der Waals surface area contributed by atoms with Gasteiger partial charge in [-0.2, -0.15) is 0 Å². The largest absolute Gasteiger partial charge is 0.361 e. The first kappa shape index (κ1) is 12.1. The molecule has 2 N–H and O–H groups in total. The molecule has 1 amide bonds. The molecule has 94 valence electrons. The molecule has 6 heteroatoms. The molecule has 0 aliphatic carbocycles. The lowest BCUT2D eigenvalue weighted by Gasteiger charge is -2.04. The third-order valence-corrected chi connectivity index (χ3v) is 2.64. The minimum atomic E-state index is -0.306. The van der Waals surface area contributed by atoms with E-state index in [2.05, 4.69) is 15.5 Å². The van der Waals surface area contributed by atoms with Crippen molar-refractivity contribution in [2.45, 2.75) is 20.4 Å². The first-order valence-corrected chi connectivity index (χ1v) is 5.46. The highest BCUT2D eigenvalue weighted by Crippen LogP contribution is 2.11. The molecule has 2 rings (SSSR count). The summed E-state index contributed by atoms with van der Waals surface area (Å²) in [5, 5.41) is 6.52. The standard InChI is InChI=1S/C12H13N3O3/c1-7-10(8(2)18-15-7)6-14-12(17)9-3-4-13-11(16)5-9/h3-5H,6H2,1-2H3,(H,13,16)(H,14,17). The third kappa shape index (κ3) is 2.48. The molecular weight excluding hydrogens is 234 g/mol. The van der Waals surface area contributed by atoms with Crippen LogP contribution in [0, 0.1) is 13.8 Å². The molecule has 0 fully saturated rings. The first-order valence-electron chi connectivity index (χ1n) is 5.46. The van der Waals surface area contributed by atoms with Gasteiger partial charge in [-0.3, -0.25) is 9.59 Å². The van der Waals surface area contributed by atoms with Gasteiger partial charge in [0, 0.05) is 29.9 Å². The Labute approximate surface area is 103 Å². The van der Waals surface area contributed by atoms with Crippen molar-refractivity contribution in [1.82, 2.24) is 15.5 Å². The lowest BCUT2D eigenvalue weighted by Crippen LogP contribution is -2.24. The number of aromatic nitrogens is 2. The number of hydrogen-bond donors (Lipinski definition) is 2. The van der Waals surface area contributed by atoms with Crippen molar-refractivity contribution in [2.75, 3.05) is 0 Å². The number of carbonyl (C=O) groups is 1. The van der Waals surface area contributed by atoms with Gasteiger partial charge in [0.15, 0.2) is 0 Å². The Morgan fingerprint density at radius 1 is 1.50 bits per heavy atom. The molecule has 18 heavy (non-hydrogen) atoms. The van der Waals surface area contributed by atoms with E-state index in [1.54, 1.807) is 13.0 Å². The van der Waals surface area contributed by atoms with Gasteiger partial charge in [0.1, 0.15) is 5.76 Å². The number of carbonyl (C=O) groups excluding carboxylic acids is 1. The van der Waals surface area contributed by atoms with E-state index in [1.165, 1.54) is 12.3 Å². The van der Waals surface area contributed by atoms with Gasteiger partial charge in [0.05, 0.1) is 5.69 Å². The van der Waals surface area contributed by atoms with Crippen molar-refractivity contribution in [3.63, 3.8) is 0 Å². The van der Waals surface area contributed by atoms with Crippen LogP contribution in [-0.2, 0) is 6.54 Å². The Hall–Kier alpha value is -2.37. The summed E-state index contributed by atoms with van der Waals surface area (Å²) in [6.07, 6.45) is 1.44. The predicted molar refractivity (Wildman–Crippen MR) is 64.2 cm³/mol. The van der Waals surface area contributed by atoms with Crippen LogP contribution in [-0.4, -0.2) is 16.0 Å². The Bertz CT molecular complexity index is 608. The molecule has 0 atom stereocenters. The normalized spacial score (nSPS) is 10.3. The zero-order chi connectivity index (χ0) is 13.1. The Kier molecular flexibility index (Phi) is 3.27. The van der Waals surface area contributed by atoms with E-state index in [-0.39, 0.29) is 11.5 Å². The van der Waals surface area contributed by atoms with Gasteiger partial charge < -0.3 is 14.8 Å². The molecule has 0 radical (unpaired) electrons. The SMILES string of the molecule is Cc1noc(C)c1CNC(=O)c1cc[nH]c(=O)c1. The third-order valence-electron chi connectivity index (χ3n) is 2.64. The van der Waals surface area contributed by atoms with E-state index in [9.17, 15) is 9.59 Å². The minimum absolute atomic E-state index is 0.305. The highest BCUT2D eigenvalue weighted by atomic mass is 16.5. The van der Waals surface area contributed by atoms with E-state index in [1.807, 2.05) is 6.92 Å². The van der Waals surface area contributed by atoms with E-state index >= 15 is 0 Å². The lowest BCUT2D eigenvalue weighted by molar-refractivity contribution is 0.0950. The van der Waals surface area contributed by atoms with Crippen LogP contribution in [0.1, 0.15) is 27.4 Å². The van der Waals surface area contributed by atoms with E-state index < -0.39 is 0 Å². The monoisotopic (exact) mass is 247 g/mol. The maximum atomic E-state index is 11.8. The number of nitrogens with zero attached hydrogens (tertiary/aromatic N) is 1. The predicted octanol–water partition coefficient (Wildman–Crippen LogP) is 0.910. The minimum Gasteiger partial charge on any atom is -0.361 e. The van der Waals surface area contributed by atoms with Gasteiger partial charge in [0.2, 0.25) is 5.56 Å². The Morgan fingerprint density at radius 2 is 2.28 bits per heavy atom. The molecule has 0 aromatic carbocycles. The van der Waals surface area contributed by atoms with Crippen molar-refractivity contribution in [3.05, 3.63) is 51.3 Å². The average Bonchev–Trinajstić information content (AvgIpc) is 2.66. The summed E-state index contributed by atoms with van der Waals surface area (Å²) in [7, 11) is 0. The number of H-pyrrole nitrogens is 1. The fourth-order valence-electron chi connectivity index (χ4n) is 1.61. The number of amides is 1. The number of nitrogens with one attached hydrogen (secondary N) is 2. The van der Waals surface area contributed by atoms with Crippen LogP contribution in [0.15, 0.2) is 27.6 Å². The lowest BCUT2D eigenvalue weighted by atomic mass is 10.2. The topological polar surface area (TPSA) is 88.0 Å². The van der Waals surface area contributed by atoms with Crippen molar-refractivity contribution < 1.29 is 9.32 Å². The molecule has 2 aromatic rings. The van der Waals surface area contributed by atoms with Gasteiger partial charge in [-0.15, -0.1) is 0 Å². The van der Waals surface area contributed by atoms with Crippen LogP contribution in [0.5, 0.6) is 0 Å². The number of pyridine rings is 1. The van der Waals surface area contributed by atoms with Crippen LogP contribution in [0.4, 0.5) is 0 Å². The van der Waals surface area contributed by atoms with Gasteiger partial charge in [-0.25, -0.2) is 0 Å². The van der Waals surface area contributed by atoms with Crippen LogP contribution in [0.3, 0.4) is 0 Å². The van der Waals surface area contributed by atoms with Crippen LogP contribution < -0.4 is 10.9 Å². The van der Waals surface area contributed by atoms with Gasteiger partial charge >= 0.3 is 0 Å². The van der Waals surface area contributed by atoms with E-state index in [0.29, 0.717) is 17.9 Å². The summed E-state index contributed by atoms with van der Waals surface area (Å²) in [6.45, 7) is 3.92. The summed E-state index contributed by atoms with van der Waals surface area (Å²) >= 11 is 0. The molecular formula is C12H13N3O3. The summed E-state index contributed by atoms with van der Waals surface area (Å²) < 4.78 is 5.00. The molecule has 0 aliphatic rings. The number of aromatic amines is 1. The fraction of sp³-hybridized carbons (Fsp3) is 0.250. The molecule has 0 unspecified atom stereocenters. The average molecular weight is 247 g/mol. The molecule has 0 spiro atoms. The zero-order valence-corrected chi connectivity index (χ0v) is 10.1. The second kappa shape index (κ2) is 4.87. The van der Waals surface area contributed by atoms with E-state index in [0.717, 1.165) is 11.3 Å². The van der Waals surface area contributed by atoms with E-state index in [4.69, 9.17) is 4.52 Å². The molecule has 0 saturated carbocycles. The Balaban J connectivity index is 2.07. The fourth-order valence-corrected chi connectivity index (χ4v) is 1.61. The molecule has 0 aliphatic heterocycles. The molecule has 0 saturated heterocycles. The van der Waals surface area contributed by atoms with Crippen molar-refractivity contribution in [2.24, 2.45) is 0 Å². The maximum absolute atomic E-state index is 11.8. The summed E-state index contributed by atoms with van der Waals surface area (Å²) in [5.41, 5.74) is 1.62. The van der Waals surface area contributed by atoms with Crippen molar-refractivity contribution >= 4 is 5.91 Å². The summed E-state index contributed by atoms with van der Waals surface area (Å²) in [5.74, 6) is 0.375. The summed E-state index contributed by atoms with van der Waals surface area (Å²) in [6, 6.07) is 2.80. The Morgan fingerprint density at radius 3 is 2.89 bits per heavy atom. The van der Waals surface area contributed by atoms with Crippen LogP contribution in [0.25, 0.3) is 0 Å². The number of rotatable bonds is 3. The molecule has 2 aromatic heterocycles. The second-order valence-electron chi connectivity index (χ2n) is 3.93. The molecule has 6 nitrogen and oxygen atoms in total. The van der Waals surface area contributed by atoms with Crippen LogP contribution in [0.2, 0.25) is 0 Å². The van der Waals surface area contributed by atoms with Gasteiger partial charge in [-0.05, 0) is 19.9 Å². The smallest absolute Gasteiger partial charge is 0.251 e. The molecule has 0 bridgehead atoms. The molecule has 2 heterocycles. The van der Waals surface area contributed by atoms with Gasteiger partial charge in [-0.1, -0.05) is 5.16 Å². The quantitative estimate of drug-likeness (QED) is 0.843. The number of hydrogen-bond acceptors (Lipinski definition) is 4. The zero-order valence-electron chi connectivity index (χ0n) is 10.1. The number of aryl methyl sites for hydroxylation is 2. The summed E-state index contributed by atoms with van der Waals surface area (Å²) in [4.78, 5) is 25.3.